The zero-order chi connectivity index (χ0) is 11.4. The van der Waals surface area contributed by atoms with Crippen LogP contribution in [0.3, 0.4) is 0 Å². The SMILES string of the molecule is Cc1ccccc1C(C)NCc1ccco1. The van der Waals surface area contributed by atoms with E-state index in [4.69, 9.17) is 4.42 Å². The van der Waals surface area contributed by atoms with E-state index >= 15 is 0 Å². The first kappa shape index (κ1) is 11.0. The van der Waals surface area contributed by atoms with E-state index < -0.39 is 0 Å². The van der Waals surface area contributed by atoms with Gasteiger partial charge in [-0.3, -0.25) is 0 Å². The van der Waals surface area contributed by atoms with Crippen molar-refractivity contribution in [2.45, 2.75) is 26.4 Å². The Bertz CT molecular complexity index is 434. The lowest BCUT2D eigenvalue weighted by Crippen LogP contribution is -2.18. The van der Waals surface area contributed by atoms with Crippen molar-refractivity contribution in [3.05, 3.63) is 59.5 Å². The first-order valence-corrected chi connectivity index (χ1v) is 5.58. The summed E-state index contributed by atoms with van der Waals surface area (Å²) in [6.45, 7) is 5.08. The third-order valence-electron chi connectivity index (χ3n) is 2.82. The fraction of sp³-hybridized carbons (Fsp3) is 0.286. The molecule has 1 aromatic heterocycles. The molecule has 2 nitrogen and oxygen atoms in total. The van der Waals surface area contributed by atoms with E-state index in [1.807, 2.05) is 12.1 Å². The van der Waals surface area contributed by atoms with Crippen molar-refractivity contribution in [3.8, 4) is 0 Å². The van der Waals surface area contributed by atoms with Gasteiger partial charge in [-0.05, 0) is 37.1 Å². The van der Waals surface area contributed by atoms with Crippen molar-refractivity contribution in [3.63, 3.8) is 0 Å². The topological polar surface area (TPSA) is 25.2 Å². The second kappa shape index (κ2) is 4.99. The molecule has 0 radical (unpaired) electrons. The molecule has 1 heterocycles. The number of rotatable bonds is 4. The van der Waals surface area contributed by atoms with Gasteiger partial charge in [-0.25, -0.2) is 0 Å². The van der Waals surface area contributed by atoms with Crippen molar-refractivity contribution in [1.29, 1.82) is 0 Å². The number of benzene rings is 1. The standard InChI is InChI=1S/C14H17NO/c1-11-6-3-4-8-14(11)12(2)15-10-13-7-5-9-16-13/h3-9,12,15H,10H2,1-2H3. The van der Waals surface area contributed by atoms with E-state index in [2.05, 4.69) is 43.4 Å². The summed E-state index contributed by atoms with van der Waals surface area (Å²) in [7, 11) is 0. The highest BCUT2D eigenvalue weighted by atomic mass is 16.3. The van der Waals surface area contributed by atoms with Gasteiger partial charge in [-0.1, -0.05) is 24.3 Å². The Kier molecular flexibility index (Phi) is 3.42. The lowest BCUT2D eigenvalue weighted by molar-refractivity contribution is 0.460. The average Bonchev–Trinajstić information content (AvgIpc) is 2.79. The summed E-state index contributed by atoms with van der Waals surface area (Å²) in [5, 5.41) is 3.45. The largest absolute Gasteiger partial charge is 0.468 e. The molecule has 2 rings (SSSR count). The minimum absolute atomic E-state index is 0.339. The predicted molar refractivity (Wildman–Crippen MR) is 65.1 cm³/mol. The van der Waals surface area contributed by atoms with Crippen molar-refractivity contribution < 1.29 is 4.42 Å². The third kappa shape index (κ3) is 2.52. The molecule has 2 heteroatoms. The fourth-order valence-electron chi connectivity index (χ4n) is 1.85. The molecule has 2 aromatic rings. The number of hydrogen-bond acceptors (Lipinski definition) is 2. The molecule has 84 valence electrons. The van der Waals surface area contributed by atoms with Crippen molar-refractivity contribution in [1.82, 2.24) is 5.32 Å². The molecule has 1 N–H and O–H groups in total. The number of aryl methyl sites for hydroxylation is 1. The van der Waals surface area contributed by atoms with Crippen molar-refractivity contribution in [2.24, 2.45) is 0 Å². The van der Waals surface area contributed by atoms with Crippen LogP contribution in [0.15, 0.2) is 47.1 Å². The minimum atomic E-state index is 0.339. The van der Waals surface area contributed by atoms with E-state index in [1.54, 1.807) is 6.26 Å². The normalized spacial score (nSPS) is 12.6. The van der Waals surface area contributed by atoms with E-state index in [-0.39, 0.29) is 0 Å². The Balaban J connectivity index is 1.98. The lowest BCUT2D eigenvalue weighted by atomic mass is 10.0. The monoisotopic (exact) mass is 215 g/mol. The minimum Gasteiger partial charge on any atom is -0.468 e. The van der Waals surface area contributed by atoms with Gasteiger partial charge in [0.15, 0.2) is 0 Å². The summed E-state index contributed by atoms with van der Waals surface area (Å²) >= 11 is 0. The molecule has 0 saturated carbocycles. The van der Waals surface area contributed by atoms with Gasteiger partial charge >= 0.3 is 0 Å². The smallest absolute Gasteiger partial charge is 0.117 e. The molecule has 0 fully saturated rings. The molecule has 0 bridgehead atoms. The zero-order valence-corrected chi connectivity index (χ0v) is 9.73. The summed E-state index contributed by atoms with van der Waals surface area (Å²) in [4.78, 5) is 0. The highest BCUT2D eigenvalue weighted by Gasteiger charge is 2.07. The van der Waals surface area contributed by atoms with Crippen molar-refractivity contribution >= 4 is 0 Å². The number of furan rings is 1. The van der Waals surface area contributed by atoms with Crippen LogP contribution >= 0.6 is 0 Å². The average molecular weight is 215 g/mol. The van der Waals surface area contributed by atoms with E-state index in [0.29, 0.717) is 6.04 Å². The van der Waals surface area contributed by atoms with Gasteiger partial charge in [-0.2, -0.15) is 0 Å². The second-order valence-electron chi connectivity index (χ2n) is 4.04. The maximum atomic E-state index is 5.29. The summed E-state index contributed by atoms with van der Waals surface area (Å²) in [6, 6.07) is 12.7. The van der Waals surface area contributed by atoms with Gasteiger partial charge in [-0.15, -0.1) is 0 Å². The molecule has 0 aliphatic carbocycles. The van der Waals surface area contributed by atoms with E-state index in [0.717, 1.165) is 12.3 Å². The second-order valence-corrected chi connectivity index (χ2v) is 4.04. The van der Waals surface area contributed by atoms with Gasteiger partial charge in [0.25, 0.3) is 0 Å². The van der Waals surface area contributed by atoms with Crippen LogP contribution in [0, 0.1) is 6.92 Å². The van der Waals surface area contributed by atoms with Crippen LogP contribution in [0.1, 0.15) is 29.9 Å². The molecule has 0 aliphatic heterocycles. The molecule has 0 amide bonds. The maximum Gasteiger partial charge on any atom is 0.117 e. The molecule has 1 aromatic carbocycles. The molecule has 0 saturated heterocycles. The van der Waals surface area contributed by atoms with Crippen LogP contribution in [-0.4, -0.2) is 0 Å². The maximum absolute atomic E-state index is 5.29. The Morgan fingerprint density at radius 2 is 2.00 bits per heavy atom. The quantitative estimate of drug-likeness (QED) is 0.845. The van der Waals surface area contributed by atoms with Crippen LogP contribution < -0.4 is 5.32 Å². The Hall–Kier alpha value is -1.54. The lowest BCUT2D eigenvalue weighted by Gasteiger charge is -2.15. The van der Waals surface area contributed by atoms with Crippen LogP contribution in [0.4, 0.5) is 0 Å². The van der Waals surface area contributed by atoms with Crippen LogP contribution in [0.2, 0.25) is 0 Å². The Morgan fingerprint density at radius 3 is 2.69 bits per heavy atom. The molecule has 16 heavy (non-hydrogen) atoms. The van der Waals surface area contributed by atoms with Crippen LogP contribution in [0.25, 0.3) is 0 Å². The highest BCUT2D eigenvalue weighted by Crippen LogP contribution is 2.17. The molecule has 0 aliphatic rings. The first-order chi connectivity index (χ1) is 7.77. The third-order valence-corrected chi connectivity index (χ3v) is 2.82. The fourth-order valence-corrected chi connectivity index (χ4v) is 1.85. The van der Waals surface area contributed by atoms with Crippen molar-refractivity contribution in [2.75, 3.05) is 0 Å². The summed E-state index contributed by atoms with van der Waals surface area (Å²) in [6.07, 6.45) is 1.70. The molecular weight excluding hydrogens is 198 g/mol. The predicted octanol–water partition coefficient (Wildman–Crippen LogP) is 3.44. The van der Waals surface area contributed by atoms with E-state index in [1.165, 1.54) is 11.1 Å². The van der Waals surface area contributed by atoms with Gasteiger partial charge < -0.3 is 9.73 Å². The zero-order valence-electron chi connectivity index (χ0n) is 9.73. The summed E-state index contributed by atoms with van der Waals surface area (Å²) in [5.74, 6) is 0.973. The number of hydrogen-bond donors (Lipinski definition) is 1. The summed E-state index contributed by atoms with van der Waals surface area (Å²) in [5.41, 5.74) is 2.66. The Morgan fingerprint density at radius 1 is 1.19 bits per heavy atom. The molecule has 0 spiro atoms. The highest BCUT2D eigenvalue weighted by molar-refractivity contribution is 5.28. The van der Waals surface area contributed by atoms with Crippen LogP contribution in [-0.2, 0) is 6.54 Å². The van der Waals surface area contributed by atoms with Gasteiger partial charge in [0.1, 0.15) is 5.76 Å². The molecule has 1 atom stereocenters. The summed E-state index contributed by atoms with van der Waals surface area (Å²) < 4.78 is 5.29. The Labute approximate surface area is 96.3 Å². The van der Waals surface area contributed by atoms with Crippen LogP contribution in [0.5, 0.6) is 0 Å². The van der Waals surface area contributed by atoms with Gasteiger partial charge in [0, 0.05) is 6.04 Å². The number of nitrogens with one attached hydrogen (secondary N) is 1. The molecular formula is C14H17NO. The molecule has 1 unspecified atom stereocenters. The first-order valence-electron chi connectivity index (χ1n) is 5.58. The van der Waals surface area contributed by atoms with Gasteiger partial charge in [0.05, 0.1) is 12.8 Å². The van der Waals surface area contributed by atoms with E-state index in [9.17, 15) is 0 Å². The van der Waals surface area contributed by atoms with Gasteiger partial charge in [0.2, 0.25) is 0 Å².